The van der Waals surface area contributed by atoms with Crippen molar-refractivity contribution in [1.82, 2.24) is 5.06 Å². The topological polar surface area (TPSA) is 38.8 Å². The minimum Gasteiger partial charge on any atom is -0.344 e. The van der Waals surface area contributed by atoms with Crippen LogP contribution in [0.15, 0.2) is 12.2 Å². The fourth-order valence-corrected chi connectivity index (χ4v) is 1.79. The SMILES string of the molecule is CCCCON1C(=O)[C@@H](C)[C@H]2C=C[C@@H]1O2. The first-order valence-corrected chi connectivity index (χ1v) is 5.54. The first-order valence-electron chi connectivity index (χ1n) is 5.54. The second-order valence-electron chi connectivity index (χ2n) is 4.02. The standard InChI is InChI=1S/C11H17NO3/c1-3-4-7-14-12-10-6-5-9(15-10)8(2)11(12)13/h5-6,8-10H,3-4,7H2,1-2H3/t8-,9+,10-/m0/s1. The third kappa shape index (κ3) is 1.92. The number of carbonyl (C=O) groups is 1. The summed E-state index contributed by atoms with van der Waals surface area (Å²) in [5.74, 6) is -0.112. The van der Waals surface area contributed by atoms with Crippen LogP contribution in [0.2, 0.25) is 0 Å². The minimum atomic E-state index is -0.310. The van der Waals surface area contributed by atoms with Crippen LogP contribution in [0.3, 0.4) is 0 Å². The highest BCUT2D eigenvalue weighted by Gasteiger charge is 2.42. The number of unbranched alkanes of at least 4 members (excludes halogenated alkanes) is 1. The van der Waals surface area contributed by atoms with E-state index in [1.54, 1.807) is 0 Å². The van der Waals surface area contributed by atoms with Gasteiger partial charge in [-0.15, -0.1) is 0 Å². The molecule has 2 bridgehead atoms. The zero-order valence-corrected chi connectivity index (χ0v) is 9.18. The number of carbonyl (C=O) groups excluding carboxylic acids is 1. The number of amides is 1. The molecule has 0 unspecified atom stereocenters. The molecule has 0 aromatic rings. The van der Waals surface area contributed by atoms with Crippen molar-refractivity contribution < 1.29 is 14.4 Å². The van der Waals surface area contributed by atoms with Crippen LogP contribution in [0.25, 0.3) is 0 Å². The van der Waals surface area contributed by atoms with E-state index in [4.69, 9.17) is 9.57 Å². The van der Waals surface area contributed by atoms with Gasteiger partial charge in [-0.05, 0) is 12.5 Å². The lowest BCUT2D eigenvalue weighted by Crippen LogP contribution is -2.50. The molecule has 2 aliphatic rings. The van der Waals surface area contributed by atoms with Crippen molar-refractivity contribution in [3.8, 4) is 0 Å². The summed E-state index contributed by atoms with van der Waals surface area (Å²) < 4.78 is 5.59. The molecular weight excluding hydrogens is 194 g/mol. The average molecular weight is 211 g/mol. The molecule has 1 saturated heterocycles. The Balaban J connectivity index is 1.97. The first-order chi connectivity index (χ1) is 7.24. The van der Waals surface area contributed by atoms with Crippen LogP contribution in [0.4, 0.5) is 0 Å². The molecule has 2 heterocycles. The molecule has 0 aromatic carbocycles. The van der Waals surface area contributed by atoms with Gasteiger partial charge >= 0.3 is 0 Å². The molecular formula is C11H17NO3. The van der Waals surface area contributed by atoms with E-state index in [2.05, 4.69) is 6.92 Å². The van der Waals surface area contributed by atoms with Crippen molar-refractivity contribution in [1.29, 1.82) is 0 Å². The molecule has 2 aliphatic heterocycles. The van der Waals surface area contributed by atoms with E-state index in [-0.39, 0.29) is 24.2 Å². The predicted molar refractivity (Wildman–Crippen MR) is 54.7 cm³/mol. The maximum atomic E-state index is 11.9. The van der Waals surface area contributed by atoms with Crippen molar-refractivity contribution in [2.24, 2.45) is 5.92 Å². The summed E-state index contributed by atoms with van der Waals surface area (Å²) in [6, 6.07) is 0. The number of ether oxygens (including phenoxy) is 1. The monoisotopic (exact) mass is 211 g/mol. The summed E-state index contributed by atoms with van der Waals surface area (Å²) in [7, 11) is 0. The molecule has 2 rings (SSSR count). The number of nitrogens with zero attached hydrogens (tertiary/aromatic N) is 1. The van der Waals surface area contributed by atoms with Crippen molar-refractivity contribution >= 4 is 5.91 Å². The van der Waals surface area contributed by atoms with Gasteiger partial charge in [0.25, 0.3) is 5.91 Å². The Bertz CT molecular complexity index is 277. The third-order valence-corrected chi connectivity index (χ3v) is 2.82. The van der Waals surface area contributed by atoms with Crippen molar-refractivity contribution in [3.05, 3.63) is 12.2 Å². The smallest absolute Gasteiger partial charge is 0.254 e. The average Bonchev–Trinajstić information content (AvgIpc) is 2.67. The molecule has 84 valence electrons. The minimum absolute atomic E-state index is 0.0253. The Kier molecular flexibility index (Phi) is 3.07. The first kappa shape index (κ1) is 10.6. The van der Waals surface area contributed by atoms with Gasteiger partial charge in [0.2, 0.25) is 0 Å². The largest absolute Gasteiger partial charge is 0.344 e. The molecule has 0 aliphatic carbocycles. The molecule has 4 nitrogen and oxygen atoms in total. The van der Waals surface area contributed by atoms with E-state index in [0.29, 0.717) is 6.61 Å². The lowest BCUT2D eigenvalue weighted by Gasteiger charge is -2.35. The maximum Gasteiger partial charge on any atom is 0.254 e. The van der Waals surface area contributed by atoms with Gasteiger partial charge in [0, 0.05) is 0 Å². The van der Waals surface area contributed by atoms with Crippen LogP contribution in [0.5, 0.6) is 0 Å². The lowest BCUT2D eigenvalue weighted by molar-refractivity contribution is -0.258. The van der Waals surface area contributed by atoms with Crippen molar-refractivity contribution in [2.75, 3.05) is 6.61 Å². The van der Waals surface area contributed by atoms with Gasteiger partial charge in [0.05, 0.1) is 18.6 Å². The molecule has 1 fully saturated rings. The van der Waals surface area contributed by atoms with Crippen LogP contribution in [0, 0.1) is 5.92 Å². The van der Waals surface area contributed by atoms with Crippen LogP contribution in [-0.2, 0) is 14.4 Å². The molecule has 4 heteroatoms. The highest BCUT2D eigenvalue weighted by molar-refractivity contribution is 5.80. The molecule has 3 atom stereocenters. The van der Waals surface area contributed by atoms with Gasteiger partial charge in [0.1, 0.15) is 0 Å². The molecule has 0 spiro atoms. The Morgan fingerprint density at radius 1 is 1.53 bits per heavy atom. The number of hydrogen-bond acceptors (Lipinski definition) is 3. The van der Waals surface area contributed by atoms with Gasteiger partial charge in [-0.2, -0.15) is 5.06 Å². The van der Waals surface area contributed by atoms with Gasteiger partial charge in [-0.1, -0.05) is 26.3 Å². The van der Waals surface area contributed by atoms with Gasteiger partial charge in [0.15, 0.2) is 6.23 Å². The Morgan fingerprint density at radius 2 is 2.33 bits per heavy atom. The number of hydrogen-bond donors (Lipinski definition) is 0. The summed E-state index contributed by atoms with van der Waals surface area (Å²) in [6.07, 6.45) is 5.47. The van der Waals surface area contributed by atoms with Crippen LogP contribution < -0.4 is 0 Å². The van der Waals surface area contributed by atoms with Crippen LogP contribution >= 0.6 is 0 Å². The van der Waals surface area contributed by atoms with E-state index in [1.807, 2.05) is 19.1 Å². The summed E-state index contributed by atoms with van der Waals surface area (Å²) in [6.45, 7) is 4.54. The van der Waals surface area contributed by atoms with Crippen LogP contribution in [0.1, 0.15) is 26.7 Å². The quantitative estimate of drug-likeness (QED) is 0.522. The second kappa shape index (κ2) is 4.33. The normalized spacial score (nSPS) is 33.9. The van der Waals surface area contributed by atoms with E-state index in [9.17, 15) is 4.79 Å². The molecule has 0 N–H and O–H groups in total. The highest BCUT2D eigenvalue weighted by atomic mass is 16.7. The Labute approximate surface area is 89.8 Å². The second-order valence-corrected chi connectivity index (χ2v) is 4.02. The fourth-order valence-electron chi connectivity index (χ4n) is 1.79. The Morgan fingerprint density at radius 3 is 3.07 bits per heavy atom. The Hall–Kier alpha value is -0.870. The third-order valence-electron chi connectivity index (χ3n) is 2.82. The molecule has 0 saturated carbocycles. The summed E-state index contributed by atoms with van der Waals surface area (Å²) in [4.78, 5) is 17.3. The van der Waals surface area contributed by atoms with Crippen molar-refractivity contribution in [2.45, 2.75) is 39.0 Å². The lowest BCUT2D eigenvalue weighted by atomic mass is 10.0. The van der Waals surface area contributed by atoms with E-state index in [1.165, 1.54) is 5.06 Å². The zero-order valence-electron chi connectivity index (χ0n) is 9.18. The molecule has 0 radical (unpaired) electrons. The van der Waals surface area contributed by atoms with Gasteiger partial charge < -0.3 is 4.74 Å². The summed E-state index contributed by atoms with van der Waals surface area (Å²) >= 11 is 0. The van der Waals surface area contributed by atoms with E-state index >= 15 is 0 Å². The van der Waals surface area contributed by atoms with E-state index in [0.717, 1.165) is 12.8 Å². The predicted octanol–water partition coefficient (Wildman–Crippen LogP) is 1.48. The van der Waals surface area contributed by atoms with E-state index < -0.39 is 0 Å². The maximum absolute atomic E-state index is 11.9. The van der Waals surface area contributed by atoms with Crippen LogP contribution in [-0.4, -0.2) is 29.9 Å². The summed E-state index contributed by atoms with van der Waals surface area (Å²) in [5.41, 5.74) is 0. The molecule has 0 aromatic heterocycles. The summed E-state index contributed by atoms with van der Waals surface area (Å²) in [5, 5.41) is 1.38. The zero-order chi connectivity index (χ0) is 10.8. The number of hydroxylamine groups is 2. The van der Waals surface area contributed by atoms with Crippen molar-refractivity contribution in [3.63, 3.8) is 0 Å². The number of rotatable bonds is 4. The van der Waals surface area contributed by atoms with Gasteiger partial charge in [-0.3, -0.25) is 9.63 Å². The van der Waals surface area contributed by atoms with Gasteiger partial charge in [-0.25, -0.2) is 0 Å². The molecule has 15 heavy (non-hydrogen) atoms. The molecule has 1 amide bonds. The number of fused-ring (bicyclic) bond motifs is 2. The highest BCUT2D eigenvalue weighted by Crippen LogP contribution is 2.29. The fraction of sp³-hybridized carbons (Fsp3) is 0.727.